The number of hydrogen-bond acceptors (Lipinski definition) is 10. The van der Waals surface area contributed by atoms with Crippen molar-refractivity contribution < 1.29 is 27.9 Å². The van der Waals surface area contributed by atoms with Crippen LogP contribution in [0.15, 0.2) is 47.9 Å². The summed E-state index contributed by atoms with van der Waals surface area (Å²) in [4.78, 5) is 61.3. The van der Waals surface area contributed by atoms with Crippen LogP contribution in [-0.4, -0.2) is 82.3 Å². The number of pyridine rings is 1. The molecule has 4 aromatic heterocycles. The molecule has 2 amide bonds. The van der Waals surface area contributed by atoms with E-state index < -0.39 is 29.0 Å². The molecule has 1 aliphatic rings. The molecule has 0 aliphatic carbocycles. The average Bonchev–Trinajstić information content (AvgIpc) is 3.53. The van der Waals surface area contributed by atoms with Gasteiger partial charge in [0.25, 0.3) is 5.91 Å². The molecule has 5 aromatic rings. The number of nitrogens with zero attached hydrogens (tertiary/aromatic N) is 9. The first-order valence-electron chi connectivity index (χ1n) is 15.4. The van der Waals surface area contributed by atoms with Crippen molar-refractivity contribution in [1.29, 1.82) is 0 Å². The SMILES string of the molecule is CCc1c(N2CCN(C(=O)c3ncnc(C)c3O)CC2)c(=O)c2nc(-c3cnn(C)c3)cnc2n1CC(=O)Nc1ccc(C(F)(F)F)cc1Cl. The van der Waals surface area contributed by atoms with Gasteiger partial charge in [-0.3, -0.25) is 19.1 Å². The molecular formula is C32H30ClF3N10O4. The van der Waals surface area contributed by atoms with Crippen molar-refractivity contribution in [3.05, 3.63) is 81.0 Å². The molecule has 260 valence electrons. The zero-order valence-corrected chi connectivity index (χ0v) is 27.7. The van der Waals surface area contributed by atoms with Crippen molar-refractivity contribution in [3.63, 3.8) is 0 Å². The van der Waals surface area contributed by atoms with Crippen LogP contribution in [0, 0.1) is 6.92 Å². The molecule has 50 heavy (non-hydrogen) atoms. The van der Waals surface area contributed by atoms with Gasteiger partial charge in [-0.05, 0) is 31.5 Å². The summed E-state index contributed by atoms with van der Waals surface area (Å²) >= 11 is 6.10. The summed E-state index contributed by atoms with van der Waals surface area (Å²) in [6.07, 6.45) is 1.62. The van der Waals surface area contributed by atoms with Gasteiger partial charge in [-0.1, -0.05) is 18.5 Å². The average molecular weight is 711 g/mol. The topological polar surface area (TPSA) is 164 Å². The molecule has 0 saturated carbocycles. The molecule has 1 aromatic carbocycles. The van der Waals surface area contributed by atoms with Crippen molar-refractivity contribution in [2.75, 3.05) is 36.4 Å². The van der Waals surface area contributed by atoms with Crippen LogP contribution < -0.4 is 15.6 Å². The monoisotopic (exact) mass is 710 g/mol. The molecule has 6 rings (SSSR count). The molecule has 1 fully saturated rings. The van der Waals surface area contributed by atoms with Crippen molar-refractivity contribution in [2.24, 2.45) is 7.05 Å². The second kappa shape index (κ2) is 13.4. The van der Waals surface area contributed by atoms with Gasteiger partial charge in [0.15, 0.2) is 22.6 Å². The van der Waals surface area contributed by atoms with Gasteiger partial charge in [-0.2, -0.15) is 18.3 Å². The summed E-state index contributed by atoms with van der Waals surface area (Å²) in [6, 6.07) is 2.61. The number of aromatic nitrogens is 7. The molecule has 0 spiro atoms. The van der Waals surface area contributed by atoms with Crippen LogP contribution in [0.25, 0.3) is 22.4 Å². The predicted molar refractivity (Wildman–Crippen MR) is 177 cm³/mol. The Morgan fingerprint density at radius 3 is 2.46 bits per heavy atom. The van der Waals surface area contributed by atoms with E-state index >= 15 is 0 Å². The Bertz CT molecular complexity index is 2200. The maximum absolute atomic E-state index is 14.3. The fourth-order valence-corrected chi connectivity index (χ4v) is 6.04. The van der Waals surface area contributed by atoms with Gasteiger partial charge in [-0.15, -0.1) is 0 Å². The van der Waals surface area contributed by atoms with Crippen LogP contribution in [0.3, 0.4) is 0 Å². The van der Waals surface area contributed by atoms with Crippen LogP contribution in [-0.2, 0) is 31.0 Å². The molecule has 1 aliphatic heterocycles. The Morgan fingerprint density at radius 1 is 1.08 bits per heavy atom. The zero-order valence-electron chi connectivity index (χ0n) is 27.0. The largest absolute Gasteiger partial charge is 0.504 e. The summed E-state index contributed by atoms with van der Waals surface area (Å²) in [5, 5.41) is 16.8. The number of nitrogens with one attached hydrogen (secondary N) is 1. The minimum Gasteiger partial charge on any atom is -0.504 e. The minimum absolute atomic E-state index is 0.0150. The first kappa shape index (κ1) is 34.3. The highest BCUT2D eigenvalue weighted by molar-refractivity contribution is 6.33. The van der Waals surface area contributed by atoms with E-state index in [4.69, 9.17) is 11.6 Å². The van der Waals surface area contributed by atoms with Gasteiger partial charge in [0.2, 0.25) is 11.3 Å². The van der Waals surface area contributed by atoms with Crippen molar-refractivity contribution >= 4 is 46.0 Å². The van der Waals surface area contributed by atoms with E-state index in [9.17, 15) is 32.7 Å². The lowest BCUT2D eigenvalue weighted by Crippen LogP contribution is -2.50. The summed E-state index contributed by atoms with van der Waals surface area (Å²) in [5.41, 5.74) is 0.557. The number of aromatic hydroxyl groups is 1. The van der Waals surface area contributed by atoms with Crippen LogP contribution >= 0.6 is 11.6 Å². The van der Waals surface area contributed by atoms with Gasteiger partial charge < -0.3 is 24.8 Å². The number of anilines is 2. The van der Waals surface area contributed by atoms with E-state index in [1.54, 1.807) is 35.6 Å². The first-order chi connectivity index (χ1) is 23.8. The quantitative estimate of drug-likeness (QED) is 0.254. The molecule has 0 bridgehead atoms. The number of amides is 2. The number of piperazine rings is 1. The highest BCUT2D eigenvalue weighted by atomic mass is 35.5. The molecule has 0 radical (unpaired) electrons. The second-order valence-electron chi connectivity index (χ2n) is 11.6. The van der Waals surface area contributed by atoms with Crippen LogP contribution in [0.1, 0.15) is 34.4 Å². The number of aryl methyl sites for hydroxylation is 2. The second-order valence-corrected chi connectivity index (χ2v) is 12.0. The van der Waals surface area contributed by atoms with E-state index in [-0.39, 0.29) is 83.8 Å². The summed E-state index contributed by atoms with van der Waals surface area (Å²) in [5.74, 6) is -1.42. The first-order valence-corrected chi connectivity index (χ1v) is 15.8. The molecule has 1 saturated heterocycles. The Morgan fingerprint density at radius 2 is 1.82 bits per heavy atom. The molecular weight excluding hydrogens is 681 g/mol. The third kappa shape index (κ3) is 6.55. The van der Waals surface area contributed by atoms with Gasteiger partial charge in [-0.25, -0.2) is 19.9 Å². The van der Waals surface area contributed by atoms with Crippen LogP contribution in [0.2, 0.25) is 5.02 Å². The van der Waals surface area contributed by atoms with Crippen molar-refractivity contribution in [3.8, 4) is 17.0 Å². The van der Waals surface area contributed by atoms with E-state index in [0.29, 0.717) is 17.0 Å². The van der Waals surface area contributed by atoms with Gasteiger partial charge in [0.05, 0.1) is 40.1 Å². The van der Waals surface area contributed by atoms with Crippen molar-refractivity contribution in [1.82, 2.24) is 39.2 Å². The molecule has 18 heteroatoms. The maximum Gasteiger partial charge on any atom is 0.416 e. The van der Waals surface area contributed by atoms with Crippen LogP contribution in [0.4, 0.5) is 24.5 Å². The standard InChI is InChI=1S/C32H30ClF3N10O4/c1-4-23-27(44-7-9-45(10-8-44)31(50)26-28(48)17(2)38-16-39-26)29(49)25-30(37-13-22(42-25)18-12-40-43(3)14-18)46(23)15-24(47)41-21-6-5-19(11-20(21)33)32(34,35)36/h5-6,11-14,16,48H,4,7-10,15H2,1-3H3,(H,41,47). The highest BCUT2D eigenvalue weighted by Gasteiger charge is 2.32. The normalized spacial score (nSPS) is 13.6. The van der Waals surface area contributed by atoms with E-state index in [1.165, 1.54) is 17.4 Å². The Hall–Kier alpha value is -5.58. The summed E-state index contributed by atoms with van der Waals surface area (Å²) < 4.78 is 42.7. The Labute approximate surface area is 287 Å². The van der Waals surface area contributed by atoms with Crippen LogP contribution in [0.5, 0.6) is 5.75 Å². The molecule has 14 nitrogen and oxygen atoms in total. The number of carbonyl (C=O) groups is 2. The number of alkyl halides is 3. The number of rotatable bonds is 7. The third-order valence-electron chi connectivity index (χ3n) is 8.34. The summed E-state index contributed by atoms with van der Waals surface area (Å²) in [6.45, 7) is 3.83. The number of hydrogen-bond donors (Lipinski definition) is 2. The third-order valence-corrected chi connectivity index (χ3v) is 8.65. The molecule has 0 unspecified atom stereocenters. The lowest BCUT2D eigenvalue weighted by atomic mass is 10.1. The van der Waals surface area contributed by atoms with Gasteiger partial charge >= 0.3 is 6.18 Å². The zero-order chi connectivity index (χ0) is 35.9. The minimum atomic E-state index is -4.61. The Kier molecular flexibility index (Phi) is 9.17. The Balaban J connectivity index is 1.37. The van der Waals surface area contributed by atoms with E-state index in [0.717, 1.165) is 18.2 Å². The van der Waals surface area contributed by atoms with E-state index in [1.807, 2.05) is 11.8 Å². The molecule has 2 N–H and O–H groups in total. The fourth-order valence-electron chi connectivity index (χ4n) is 5.81. The van der Waals surface area contributed by atoms with Gasteiger partial charge in [0, 0.05) is 50.7 Å². The number of halogens is 4. The van der Waals surface area contributed by atoms with Gasteiger partial charge in [0.1, 0.15) is 18.6 Å². The number of fused-ring (bicyclic) bond motifs is 1. The predicted octanol–water partition coefficient (Wildman–Crippen LogP) is 3.83. The fraction of sp³-hybridized carbons (Fsp3) is 0.312. The molecule has 5 heterocycles. The van der Waals surface area contributed by atoms with Crippen molar-refractivity contribution in [2.45, 2.75) is 33.0 Å². The van der Waals surface area contributed by atoms with E-state index in [2.05, 4.69) is 30.4 Å². The summed E-state index contributed by atoms with van der Waals surface area (Å²) in [7, 11) is 1.73. The molecule has 0 atom stereocenters. The number of benzene rings is 1. The highest BCUT2D eigenvalue weighted by Crippen LogP contribution is 2.34. The maximum atomic E-state index is 14.3. The number of carbonyl (C=O) groups excluding carboxylic acids is 2. The smallest absolute Gasteiger partial charge is 0.416 e. The lowest BCUT2D eigenvalue weighted by molar-refractivity contribution is -0.137. The lowest BCUT2D eigenvalue weighted by Gasteiger charge is -2.37.